The number of carboxylic acid groups (broad SMARTS) is 1. The minimum atomic E-state index is -1.17. The topological polar surface area (TPSA) is 90.8 Å². The average molecular weight is 479 g/mol. The van der Waals surface area contributed by atoms with Crippen molar-refractivity contribution < 1.29 is 24.1 Å². The van der Waals surface area contributed by atoms with E-state index in [-0.39, 0.29) is 0 Å². The highest BCUT2D eigenvalue weighted by Gasteiger charge is 2.33. The SMILES string of the molecule is COc1nc2cc(C)c(C(OC(C)(C)C)C(=O)O)c(-c3ccc4c5c(ccnc35)CCO4)c2s1. The number of pyridine rings is 1. The molecule has 7 nitrogen and oxygen atoms in total. The highest BCUT2D eigenvalue weighted by atomic mass is 32.1. The van der Waals surface area contributed by atoms with Crippen molar-refractivity contribution in [3.8, 4) is 22.1 Å². The van der Waals surface area contributed by atoms with Gasteiger partial charge in [-0.1, -0.05) is 11.3 Å². The van der Waals surface area contributed by atoms with Crippen molar-refractivity contribution in [1.82, 2.24) is 9.97 Å². The number of rotatable bonds is 5. The van der Waals surface area contributed by atoms with Crippen LogP contribution in [-0.4, -0.2) is 40.4 Å². The second-order valence-corrected chi connectivity index (χ2v) is 10.3. The molecule has 0 fully saturated rings. The molecule has 0 spiro atoms. The first kappa shape index (κ1) is 22.6. The molecule has 176 valence electrons. The van der Waals surface area contributed by atoms with E-state index in [4.69, 9.17) is 19.2 Å². The second kappa shape index (κ2) is 8.21. The number of hydrogen-bond donors (Lipinski definition) is 1. The molecule has 3 heterocycles. The summed E-state index contributed by atoms with van der Waals surface area (Å²) in [7, 11) is 1.58. The van der Waals surface area contributed by atoms with Gasteiger partial charge in [-0.3, -0.25) is 4.98 Å². The Kier molecular flexibility index (Phi) is 5.45. The summed E-state index contributed by atoms with van der Waals surface area (Å²) in [6.45, 7) is 8.08. The number of methoxy groups -OCH3 is 1. The van der Waals surface area contributed by atoms with Crippen LogP contribution in [0.25, 0.3) is 32.2 Å². The van der Waals surface area contributed by atoms with E-state index in [9.17, 15) is 9.90 Å². The molecule has 4 aromatic rings. The summed E-state index contributed by atoms with van der Waals surface area (Å²) in [6, 6.07) is 7.82. The summed E-state index contributed by atoms with van der Waals surface area (Å²) < 4.78 is 18.3. The first-order chi connectivity index (χ1) is 16.2. The van der Waals surface area contributed by atoms with E-state index in [0.717, 1.165) is 50.0 Å². The van der Waals surface area contributed by atoms with E-state index in [0.29, 0.717) is 17.4 Å². The number of fused-ring (bicyclic) bond motifs is 1. The lowest BCUT2D eigenvalue weighted by atomic mass is 9.89. The zero-order valence-corrected chi connectivity index (χ0v) is 20.6. The second-order valence-electron chi connectivity index (χ2n) is 9.37. The van der Waals surface area contributed by atoms with Crippen LogP contribution in [0.4, 0.5) is 0 Å². The monoisotopic (exact) mass is 478 g/mol. The largest absolute Gasteiger partial charge is 0.493 e. The number of hydrogen-bond acceptors (Lipinski definition) is 7. The molecule has 0 saturated carbocycles. The first-order valence-corrected chi connectivity index (χ1v) is 11.9. The van der Waals surface area contributed by atoms with Crippen molar-refractivity contribution in [3.05, 3.63) is 47.2 Å². The predicted octanol–water partition coefficient (Wildman–Crippen LogP) is 5.70. The van der Waals surface area contributed by atoms with E-state index >= 15 is 0 Å². The number of thiazole rings is 1. The predicted molar refractivity (Wildman–Crippen MR) is 132 cm³/mol. The molecule has 0 radical (unpaired) electrons. The summed E-state index contributed by atoms with van der Waals surface area (Å²) in [4.78, 5) is 21.9. The van der Waals surface area contributed by atoms with Crippen LogP contribution in [-0.2, 0) is 16.0 Å². The molecule has 1 unspecified atom stereocenters. The van der Waals surface area contributed by atoms with Gasteiger partial charge in [-0.15, -0.1) is 0 Å². The van der Waals surface area contributed by atoms with Gasteiger partial charge in [0.25, 0.3) is 5.19 Å². The molecule has 5 rings (SSSR count). The van der Waals surface area contributed by atoms with Gasteiger partial charge in [-0.05, 0) is 63.1 Å². The van der Waals surface area contributed by atoms with Gasteiger partial charge in [0.15, 0.2) is 6.10 Å². The van der Waals surface area contributed by atoms with Gasteiger partial charge in [0.05, 0.1) is 35.1 Å². The van der Waals surface area contributed by atoms with Crippen molar-refractivity contribution in [2.75, 3.05) is 13.7 Å². The Hall–Kier alpha value is -3.23. The molecule has 8 heteroatoms. The van der Waals surface area contributed by atoms with Gasteiger partial charge < -0.3 is 19.3 Å². The first-order valence-electron chi connectivity index (χ1n) is 11.1. The van der Waals surface area contributed by atoms with Gasteiger partial charge in [-0.2, -0.15) is 0 Å². The summed E-state index contributed by atoms with van der Waals surface area (Å²) in [6.07, 6.45) is 1.43. The van der Waals surface area contributed by atoms with Crippen molar-refractivity contribution in [2.24, 2.45) is 0 Å². The minimum absolute atomic E-state index is 0.510. The van der Waals surface area contributed by atoms with E-state index in [2.05, 4.69) is 4.98 Å². The molecule has 0 aliphatic carbocycles. The smallest absolute Gasteiger partial charge is 0.337 e. The van der Waals surface area contributed by atoms with E-state index < -0.39 is 17.7 Å². The molecule has 1 atom stereocenters. The number of ether oxygens (including phenoxy) is 3. The zero-order valence-electron chi connectivity index (χ0n) is 19.8. The highest BCUT2D eigenvalue weighted by molar-refractivity contribution is 7.20. The number of carboxylic acids is 1. The van der Waals surface area contributed by atoms with Gasteiger partial charge in [-0.25, -0.2) is 9.78 Å². The van der Waals surface area contributed by atoms with Crippen molar-refractivity contribution >= 4 is 38.4 Å². The lowest BCUT2D eigenvalue weighted by Gasteiger charge is -2.28. The van der Waals surface area contributed by atoms with Crippen molar-refractivity contribution in [1.29, 1.82) is 0 Å². The Bertz CT molecular complexity index is 1430. The number of nitrogens with zero attached hydrogens (tertiary/aromatic N) is 2. The van der Waals surface area contributed by atoms with Crippen molar-refractivity contribution in [3.63, 3.8) is 0 Å². The van der Waals surface area contributed by atoms with Gasteiger partial charge in [0, 0.05) is 34.7 Å². The van der Waals surface area contributed by atoms with Crippen LogP contribution in [0.2, 0.25) is 0 Å². The molecule has 1 aliphatic rings. The normalized spacial score (nSPS) is 14.3. The van der Waals surface area contributed by atoms with Crippen LogP contribution in [0.1, 0.15) is 43.6 Å². The number of benzene rings is 2. The third-order valence-corrected chi connectivity index (χ3v) is 6.93. The summed E-state index contributed by atoms with van der Waals surface area (Å²) in [5.41, 5.74) is 4.98. The minimum Gasteiger partial charge on any atom is -0.493 e. The number of aromatic nitrogens is 2. The zero-order chi connectivity index (χ0) is 24.2. The number of aliphatic carboxylic acids is 1. The van der Waals surface area contributed by atoms with E-state index in [1.807, 2.05) is 52.0 Å². The molecular formula is C26H26N2O5S. The molecule has 0 amide bonds. The number of aryl methyl sites for hydroxylation is 1. The van der Waals surface area contributed by atoms with Crippen LogP contribution < -0.4 is 9.47 Å². The molecule has 2 aromatic heterocycles. The Labute approximate surface area is 201 Å². The summed E-state index contributed by atoms with van der Waals surface area (Å²) in [5, 5.41) is 11.7. The Morgan fingerprint density at radius 2 is 2.06 bits per heavy atom. The highest BCUT2D eigenvalue weighted by Crippen LogP contribution is 2.47. The lowest BCUT2D eigenvalue weighted by Crippen LogP contribution is -2.28. The van der Waals surface area contributed by atoms with Crippen LogP contribution >= 0.6 is 11.3 Å². The Balaban J connectivity index is 1.90. The van der Waals surface area contributed by atoms with Gasteiger partial charge >= 0.3 is 5.97 Å². The molecule has 34 heavy (non-hydrogen) atoms. The molecule has 0 bridgehead atoms. The Morgan fingerprint density at radius 3 is 2.76 bits per heavy atom. The van der Waals surface area contributed by atoms with Crippen LogP contribution in [0.3, 0.4) is 0 Å². The quantitative estimate of drug-likeness (QED) is 0.393. The molecule has 0 saturated heterocycles. The van der Waals surface area contributed by atoms with Gasteiger partial charge in [0.1, 0.15) is 5.75 Å². The molecule has 2 aromatic carbocycles. The summed E-state index contributed by atoms with van der Waals surface area (Å²) >= 11 is 1.38. The fourth-order valence-electron chi connectivity index (χ4n) is 4.57. The molecular weight excluding hydrogens is 452 g/mol. The third-order valence-electron chi connectivity index (χ3n) is 5.88. The average Bonchev–Trinajstić information content (AvgIpc) is 3.20. The maximum absolute atomic E-state index is 12.5. The Morgan fingerprint density at radius 1 is 1.26 bits per heavy atom. The van der Waals surface area contributed by atoms with Crippen molar-refractivity contribution in [2.45, 2.75) is 45.8 Å². The maximum Gasteiger partial charge on any atom is 0.337 e. The van der Waals surface area contributed by atoms with Crippen LogP contribution in [0.15, 0.2) is 30.5 Å². The standard InChI is InChI=1S/C26H26N2O5S/c1-13-12-16-23(34-25(28-16)31-5)20(18(13)22(24(29)30)33-26(2,3)4)15-6-7-17-19-14(9-11-32-17)8-10-27-21(15)19/h6-8,10,12,22H,9,11H2,1-5H3,(H,29,30). The maximum atomic E-state index is 12.5. The fourth-order valence-corrected chi connectivity index (χ4v) is 5.51. The molecule has 1 N–H and O–H groups in total. The lowest BCUT2D eigenvalue weighted by molar-refractivity contribution is -0.160. The van der Waals surface area contributed by atoms with E-state index in [1.54, 1.807) is 13.3 Å². The van der Waals surface area contributed by atoms with E-state index in [1.165, 1.54) is 16.9 Å². The molecule has 1 aliphatic heterocycles. The number of carbonyl (C=O) groups is 1. The van der Waals surface area contributed by atoms with Crippen LogP contribution in [0, 0.1) is 6.92 Å². The van der Waals surface area contributed by atoms with Crippen LogP contribution in [0.5, 0.6) is 10.9 Å². The summed E-state index contributed by atoms with van der Waals surface area (Å²) in [5.74, 6) is -0.254. The fraction of sp³-hybridized carbons (Fsp3) is 0.346. The third kappa shape index (κ3) is 3.76. The van der Waals surface area contributed by atoms with Gasteiger partial charge in [0.2, 0.25) is 0 Å².